The maximum Gasteiger partial charge on any atom is 0.251 e. The molecule has 34 heavy (non-hydrogen) atoms. The summed E-state index contributed by atoms with van der Waals surface area (Å²) in [5, 5.41) is 3.06. The van der Waals surface area contributed by atoms with Gasteiger partial charge in [-0.15, -0.1) is 0 Å². The minimum Gasteiger partial charge on any atom is -0.496 e. The molecule has 1 fully saturated rings. The van der Waals surface area contributed by atoms with Gasteiger partial charge in [-0.25, -0.2) is 8.42 Å². The number of carbonyl (C=O) groups is 1. The molecule has 0 aromatic heterocycles. The highest BCUT2D eigenvalue weighted by Crippen LogP contribution is 2.32. The molecule has 1 saturated heterocycles. The highest BCUT2D eigenvalue weighted by atomic mass is 32.2. The van der Waals surface area contributed by atoms with E-state index in [0.717, 1.165) is 48.1 Å². The summed E-state index contributed by atoms with van der Waals surface area (Å²) in [5.74, 6) is 0.832. The van der Waals surface area contributed by atoms with Crippen LogP contribution in [0.5, 0.6) is 5.75 Å². The van der Waals surface area contributed by atoms with Crippen LogP contribution in [0.2, 0.25) is 0 Å². The van der Waals surface area contributed by atoms with E-state index in [1.54, 1.807) is 30.5 Å². The maximum atomic E-state index is 13.4. The number of hydrogen-bond acceptors (Lipinski definition) is 4. The van der Waals surface area contributed by atoms with E-state index in [1.807, 2.05) is 19.9 Å². The van der Waals surface area contributed by atoms with Gasteiger partial charge in [-0.05, 0) is 86.1 Å². The summed E-state index contributed by atoms with van der Waals surface area (Å²) in [5.41, 5.74) is 4.14. The Hall–Kier alpha value is -2.38. The zero-order chi connectivity index (χ0) is 25.0. The zero-order valence-electron chi connectivity index (χ0n) is 21.3. The van der Waals surface area contributed by atoms with Gasteiger partial charge in [0, 0.05) is 18.7 Å². The van der Waals surface area contributed by atoms with Crippen molar-refractivity contribution >= 4 is 15.9 Å². The second-order valence-electron chi connectivity index (χ2n) is 9.60. The number of rotatable bonds is 7. The van der Waals surface area contributed by atoms with E-state index < -0.39 is 10.0 Å². The third kappa shape index (κ3) is 5.63. The number of aryl methyl sites for hydroxylation is 2. The van der Waals surface area contributed by atoms with Crippen LogP contribution in [0.4, 0.5) is 0 Å². The first-order valence-electron chi connectivity index (χ1n) is 12.2. The van der Waals surface area contributed by atoms with Crippen LogP contribution in [0.1, 0.15) is 91.0 Å². The Morgan fingerprint density at radius 2 is 1.59 bits per heavy atom. The van der Waals surface area contributed by atoms with Gasteiger partial charge in [-0.2, -0.15) is 4.31 Å². The molecule has 1 unspecified atom stereocenters. The molecule has 2 aromatic rings. The fourth-order valence-electron chi connectivity index (χ4n) is 4.61. The normalized spacial score (nSPS) is 16.2. The summed E-state index contributed by atoms with van der Waals surface area (Å²) in [6.07, 6.45) is 3.84. The van der Waals surface area contributed by atoms with Crippen LogP contribution >= 0.6 is 0 Å². The molecule has 2 aromatic carbocycles. The number of sulfonamides is 1. The molecule has 0 radical (unpaired) electrons. The summed E-state index contributed by atoms with van der Waals surface area (Å²) < 4.78 is 33.8. The molecule has 1 atom stereocenters. The number of amides is 1. The standard InChI is InChI=1S/C27H38N2O4S/c1-18(2)23-17-24(20(4)15-25(23)33-6)21(5)28-27(30)22-12-11-19(3)26(16-22)34(31,32)29-13-9-7-8-10-14-29/h11-12,15-18,21H,7-10,13-14H2,1-6H3,(H,28,30). The van der Waals surface area contributed by atoms with Crippen molar-refractivity contribution in [1.29, 1.82) is 0 Å². The quantitative estimate of drug-likeness (QED) is 0.561. The van der Waals surface area contributed by atoms with Gasteiger partial charge in [0.05, 0.1) is 18.0 Å². The predicted octanol–water partition coefficient (Wildman–Crippen LogP) is 5.49. The number of nitrogens with one attached hydrogen (secondary N) is 1. The number of methoxy groups -OCH3 is 1. The van der Waals surface area contributed by atoms with Crippen molar-refractivity contribution in [2.75, 3.05) is 20.2 Å². The van der Waals surface area contributed by atoms with Crippen LogP contribution < -0.4 is 10.1 Å². The van der Waals surface area contributed by atoms with Gasteiger partial charge < -0.3 is 10.1 Å². The van der Waals surface area contributed by atoms with Gasteiger partial charge >= 0.3 is 0 Å². The third-order valence-electron chi connectivity index (χ3n) is 6.69. The molecule has 3 rings (SSSR count). The fourth-order valence-corrected chi connectivity index (χ4v) is 6.38. The van der Waals surface area contributed by atoms with Crippen molar-refractivity contribution in [3.63, 3.8) is 0 Å². The van der Waals surface area contributed by atoms with Crippen molar-refractivity contribution in [2.45, 2.75) is 77.2 Å². The van der Waals surface area contributed by atoms with Gasteiger partial charge in [0.1, 0.15) is 5.75 Å². The van der Waals surface area contributed by atoms with Crippen molar-refractivity contribution in [1.82, 2.24) is 9.62 Å². The first-order valence-corrected chi connectivity index (χ1v) is 13.6. The SMILES string of the molecule is COc1cc(C)c(C(C)NC(=O)c2ccc(C)c(S(=O)(=O)N3CCCCCC3)c2)cc1C(C)C. The van der Waals surface area contributed by atoms with E-state index in [1.165, 1.54) is 6.07 Å². The van der Waals surface area contributed by atoms with Gasteiger partial charge in [-0.3, -0.25) is 4.79 Å². The van der Waals surface area contributed by atoms with E-state index >= 15 is 0 Å². The van der Waals surface area contributed by atoms with E-state index in [-0.39, 0.29) is 22.8 Å². The highest BCUT2D eigenvalue weighted by Gasteiger charge is 2.28. The summed E-state index contributed by atoms with van der Waals surface area (Å²) in [6.45, 7) is 11.0. The summed E-state index contributed by atoms with van der Waals surface area (Å²) in [4.78, 5) is 13.4. The van der Waals surface area contributed by atoms with E-state index in [0.29, 0.717) is 24.2 Å². The van der Waals surface area contributed by atoms with Crippen LogP contribution in [-0.4, -0.2) is 38.8 Å². The second-order valence-corrected chi connectivity index (χ2v) is 11.5. The molecule has 6 nitrogen and oxygen atoms in total. The van der Waals surface area contributed by atoms with E-state index in [4.69, 9.17) is 4.74 Å². The molecule has 1 aliphatic heterocycles. The molecule has 1 heterocycles. The van der Waals surface area contributed by atoms with Crippen molar-refractivity contribution < 1.29 is 17.9 Å². The highest BCUT2D eigenvalue weighted by molar-refractivity contribution is 7.89. The Bertz CT molecular complexity index is 1130. The lowest BCUT2D eigenvalue weighted by Crippen LogP contribution is -2.33. The van der Waals surface area contributed by atoms with Gasteiger partial charge in [0.25, 0.3) is 5.91 Å². The van der Waals surface area contributed by atoms with Crippen LogP contribution in [0.25, 0.3) is 0 Å². The van der Waals surface area contributed by atoms with Gasteiger partial charge in [0.15, 0.2) is 0 Å². The van der Waals surface area contributed by atoms with E-state index in [9.17, 15) is 13.2 Å². The molecule has 1 amide bonds. The molecule has 0 spiro atoms. The maximum absolute atomic E-state index is 13.4. The zero-order valence-corrected chi connectivity index (χ0v) is 22.1. The lowest BCUT2D eigenvalue weighted by molar-refractivity contribution is 0.0939. The first-order chi connectivity index (χ1) is 16.1. The minimum atomic E-state index is -3.64. The minimum absolute atomic E-state index is 0.220. The lowest BCUT2D eigenvalue weighted by Gasteiger charge is -2.22. The molecule has 0 bridgehead atoms. The molecule has 0 aliphatic carbocycles. The van der Waals surface area contributed by atoms with E-state index in [2.05, 4.69) is 25.2 Å². The molecule has 7 heteroatoms. The van der Waals surface area contributed by atoms with Crippen molar-refractivity contribution in [3.8, 4) is 5.75 Å². The van der Waals surface area contributed by atoms with Gasteiger partial charge in [-0.1, -0.05) is 32.8 Å². The number of carbonyl (C=O) groups excluding carboxylic acids is 1. The molecule has 186 valence electrons. The molecule has 1 aliphatic rings. The van der Waals surface area contributed by atoms with Crippen molar-refractivity contribution in [3.05, 3.63) is 58.1 Å². The number of hydrogen-bond donors (Lipinski definition) is 1. The van der Waals surface area contributed by atoms with Crippen LogP contribution in [0.15, 0.2) is 35.2 Å². The third-order valence-corrected chi connectivity index (χ3v) is 8.73. The summed E-state index contributed by atoms with van der Waals surface area (Å²) in [7, 11) is -1.98. The molecule has 1 N–H and O–H groups in total. The summed E-state index contributed by atoms with van der Waals surface area (Å²) in [6, 6.07) is 8.79. The van der Waals surface area contributed by atoms with Gasteiger partial charge in [0.2, 0.25) is 10.0 Å². The van der Waals surface area contributed by atoms with Crippen LogP contribution in [0, 0.1) is 13.8 Å². The number of ether oxygens (including phenoxy) is 1. The Morgan fingerprint density at radius 1 is 0.941 bits per heavy atom. The second kappa shape index (κ2) is 10.9. The topological polar surface area (TPSA) is 75.7 Å². The fraction of sp³-hybridized carbons (Fsp3) is 0.519. The smallest absolute Gasteiger partial charge is 0.251 e. The number of benzene rings is 2. The molecular formula is C27H38N2O4S. The molecule has 0 saturated carbocycles. The Labute approximate surface area is 204 Å². The average Bonchev–Trinajstić information content (AvgIpc) is 3.08. The summed E-state index contributed by atoms with van der Waals surface area (Å²) >= 11 is 0. The van der Waals surface area contributed by atoms with Crippen LogP contribution in [-0.2, 0) is 10.0 Å². The van der Waals surface area contributed by atoms with Crippen LogP contribution in [0.3, 0.4) is 0 Å². The monoisotopic (exact) mass is 486 g/mol. The Kier molecular flexibility index (Phi) is 8.42. The number of nitrogens with zero attached hydrogens (tertiary/aromatic N) is 1. The molecular weight excluding hydrogens is 448 g/mol. The van der Waals surface area contributed by atoms with Crippen molar-refractivity contribution in [2.24, 2.45) is 0 Å². The predicted molar refractivity (Wildman–Crippen MR) is 136 cm³/mol. The Balaban J connectivity index is 1.87. The lowest BCUT2D eigenvalue weighted by atomic mass is 9.93. The first kappa shape index (κ1) is 26.2. The Morgan fingerprint density at radius 3 is 2.18 bits per heavy atom. The largest absolute Gasteiger partial charge is 0.496 e. The average molecular weight is 487 g/mol.